The van der Waals surface area contributed by atoms with Crippen molar-refractivity contribution in [1.82, 2.24) is 0 Å². The van der Waals surface area contributed by atoms with Gasteiger partial charge in [0.25, 0.3) is 0 Å². The van der Waals surface area contributed by atoms with E-state index in [1.807, 2.05) is 24.3 Å². The average molecular weight is 445 g/mol. The van der Waals surface area contributed by atoms with E-state index in [-0.39, 0.29) is 23.6 Å². The topological polar surface area (TPSA) is 68.2 Å². The number of fused-ring (bicyclic) bond motifs is 2. The van der Waals surface area contributed by atoms with Gasteiger partial charge in [-0.1, -0.05) is 42.1 Å². The van der Waals surface area contributed by atoms with Gasteiger partial charge in [0.15, 0.2) is 26.5 Å². The number of hydrogen-bond donors (Lipinski definition) is 0. The van der Waals surface area contributed by atoms with E-state index in [4.69, 9.17) is 14.5 Å². The second kappa shape index (κ2) is 8.15. The van der Waals surface area contributed by atoms with Crippen molar-refractivity contribution in [2.75, 3.05) is 35.4 Å². The van der Waals surface area contributed by atoms with Gasteiger partial charge >= 0.3 is 0 Å². The smallest absolute Gasteiger partial charge is 0.164 e. The zero-order valence-electron chi connectivity index (χ0n) is 16.6. The first-order chi connectivity index (χ1) is 14.6. The highest BCUT2D eigenvalue weighted by Gasteiger charge is 2.47. The van der Waals surface area contributed by atoms with Gasteiger partial charge in [0, 0.05) is 17.5 Å². The molecule has 0 amide bonds. The molecule has 158 valence electrons. The van der Waals surface area contributed by atoms with E-state index >= 15 is 0 Å². The van der Waals surface area contributed by atoms with Crippen LogP contribution in [0.1, 0.15) is 12.0 Å². The van der Waals surface area contributed by atoms with Gasteiger partial charge in [0.05, 0.1) is 23.6 Å². The zero-order chi connectivity index (χ0) is 20.6. The first-order valence-corrected chi connectivity index (χ1v) is 13.0. The predicted molar refractivity (Wildman–Crippen MR) is 121 cm³/mol. The Balaban J connectivity index is 1.34. The second-order valence-electron chi connectivity index (χ2n) is 7.76. The maximum absolute atomic E-state index is 12.2. The van der Waals surface area contributed by atoms with Gasteiger partial charge in [0.2, 0.25) is 0 Å². The molecule has 2 aromatic rings. The van der Waals surface area contributed by atoms with Crippen LogP contribution in [0.15, 0.2) is 53.5 Å². The number of ether oxygens (including phenoxy) is 2. The van der Waals surface area contributed by atoms with Crippen LogP contribution in [-0.4, -0.2) is 56.1 Å². The van der Waals surface area contributed by atoms with E-state index in [0.29, 0.717) is 19.0 Å². The zero-order valence-corrected chi connectivity index (χ0v) is 18.2. The molecular weight excluding hydrogens is 420 g/mol. The van der Waals surface area contributed by atoms with Crippen LogP contribution in [0.5, 0.6) is 11.5 Å². The third kappa shape index (κ3) is 4.03. The molecule has 3 aliphatic heterocycles. The minimum atomic E-state index is -3.06. The van der Waals surface area contributed by atoms with Gasteiger partial charge in [0.1, 0.15) is 13.2 Å². The van der Waals surface area contributed by atoms with Crippen LogP contribution < -0.4 is 14.4 Å². The SMILES string of the molecule is O=S1(=O)C[C@H]2N=C(SCCCc3ccccc3)N(c3ccc4c(c3)OCCO4)[C@H]2C1. The molecule has 2 atom stereocenters. The molecule has 1 saturated heterocycles. The van der Waals surface area contributed by atoms with Gasteiger partial charge in [-0.25, -0.2) is 8.42 Å². The van der Waals surface area contributed by atoms with Crippen LogP contribution in [0.25, 0.3) is 0 Å². The van der Waals surface area contributed by atoms with Gasteiger partial charge < -0.3 is 14.4 Å². The first-order valence-electron chi connectivity index (χ1n) is 10.2. The van der Waals surface area contributed by atoms with E-state index in [1.165, 1.54) is 5.56 Å². The summed E-state index contributed by atoms with van der Waals surface area (Å²) < 4.78 is 35.8. The van der Waals surface area contributed by atoms with Crippen molar-refractivity contribution in [2.45, 2.75) is 24.9 Å². The van der Waals surface area contributed by atoms with E-state index in [2.05, 4.69) is 29.2 Å². The van der Waals surface area contributed by atoms with Gasteiger partial charge in [-0.05, 0) is 30.5 Å². The van der Waals surface area contributed by atoms with Crippen LogP contribution in [0.2, 0.25) is 0 Å². The van der Waals surface area contributed by atoms with Gasteiger partial charge in [-0.15, -0.1) is 0 Å². The van der Waals surface area contributed by atoms with E-state index in [9.17, 15) is 8.42 Å². The fourth-order valence-electron chi connectivity index (χ4n) is 4.20. The number of aryl methyl sites for hydroxylation is 1. The Kier molecular flexibility index (Phi) is 5.37. The largest absolute Gasteiger partial charge is 0.486 e. The molecule has 0 aromatic heterocycles. The van der Waals surface area contributed by atoms with Gasteiger partial charge in [-0.2, -0.15) is 0 Å². The highest BCUT2D eigenvalue weighted by molar-refractivity contribution is 8.14. The molecule has 8 heteroatoms. The Morgan fingerprint density at radius 2 is 1.83 bits per heavy atom. The summed E-state index contributed by atoms with van der Waals surface area (Å²) in [5, 5.41) is 0.907. The fraction of sp³-hybridized carbons (Fsp3) is 0.409. The summed E-state index contributed by atoms with van der Waals surface area (Å²) in [6.07, 6.45) is 2.06. The third-order valence-corrected chi connectivity index (χ3v) is 8.35. The summed E-state index contributed by atoms with van der Waals surface area (Å²) in [5.41, 5.74) is 2.25. The summed E-state index contributed by atoms with van der Waals surface area (Å²) in [7, 11) is -3.06. The molecule has 30 heavy (non-hydrogen) atoms. The second-order valence-corrected chi connectivity index (χ2v) is 11.0. The number of rotatable bonds is 5. The Bertz CT molecular complexity index is 1060. The number of amidine groups is 1. The molecule has 0 aliphatic carbocycles. The summed E-state index contributed by atoms with van der Waals surface area (Å²) >= 11 is 1.71. The molecule has 6 nitrogen and oxygen atoms in total. The summed E-state index contributed by atoms with van der Waals surface area (Å²) in [6.45, 7) is 1.06. The van der Waals surface area contributed by atoms with Crippen molar-refractivity contribution in [1.29, 1.82) is 0 Å². The van der Waals surface area contributed by atoms with Crippen molar-refractivity contribution < 1.29 is 17.9 Å². The third-order valence-electron chi connectivity index (χ3n) is 5.60. The maximum atomic E-state index is 12.2. The first kappa shape index (κ1) is 19.8. The van der Waals surface area contributed by atoms with Crippen LogP contribution in [-0.2, 0) is 16.3 Å². The van der Waals surface area contributed by atoms with Crippen LogP contribution >= 0.6 is 11.8 Å². The summed E-state index contributed by atoms with van der Waals surface area (Å²) in [4.78, 5) is 6.91. The number of sulfone groups is 1. The highest BCUT2D eigenvalue weighted by Crippen LogP contribution is 2.40. The number of hydrogen-bond acceptors (Lipinski definition) is 7. The molecule has 3 aliphatic rings. The Hall–Kier alpha value is -2.19. The standard InChI is InChI=1S/C22H24N2O4S2/c25-30(26)14-18-19(15-30)24(17-8-9-20-21(13-17)28-11-10-27-20)22(23-18)29-12-4-7-16-5-2-1-3-6-16/h1-3,5-6,8-9,13,18-19H,4,7,10-12,14-15H2/t18-,19+/m1/s1. The lowest BCUT2D eigenvalue weighted by atomic mass is 10.1. The Labute approximate surface area is 181 Å². The lowest BCUT2D eigenvalue weighted by molar-refractivity contribution is 0.171. The molecule has 0 spiro atoms. The van der Waals surface area contributed by atoms with Crippen molar-refractivity contribution in [3.63, 3.8) is 0 Å². The summed E-state index contributed by atoms with van der Waals surface area (Å²) in [6, 6.07) is 15.9. The Morgan fingerprint density at radius 3 is 2.67 bits per heavy atom. The number of nitrogens with zero attached hydrogens (tertiary/aromatic N) is 2. The molecule has 0 unspecified atom stereocenters. The van der Waals surface area contributed by atoms with Crippen LogP contribution in [0, 0.1) is 0 Å². The monoisotopic (exact) mass is 444 g/mol. The molecule has 5 rings (SSSR count). The van der Waals surface area contributed by atoms with Crippen molar-refractivity contribution >= 4 is 32.5 Å². The molecule has 2 aromatic carbocycles. The molecular formula is C22H24N2O4S2. The predicted octanol–water partition coefficient (Wildman–Crippen LogP) is 3.17. The van der Waals surface area contributed by atoms with Crippen molar-refractivity contribution in [2.24, 2.45) is 4.99 Å². The molecule has 3 heterocycles. The minimum absolute atomic E-state index is 0.132. The molecule has 0 saturated carbocycles. The lowest BCUT2D eigenvalue weighted by Gasteiger charge is -2.28. The summed E-state index contributed by atoms with van der Waals surface area (Å²) in [5.74, 6) is 2.64. The minimum Gasteiger partial charge on any atom is -0.486 e. The number of anilines is 1. The molecule has 1 fully saturated rings. The number of aliphatic imine (C=N–C) groups is 1. The highest BCUT2D eigenvalue weighted by atomic mass is 32.2. The maximum Gasteiger partial charge on any atom is 0.164 e. The van der Waals surface area contributed by atoms with Crippen LogP contribution in [0.4, 0.5) is 5.69 Å². The number of thioether (sulfide) groups is 1. The quantitative estimate of drug-likeness (QED) is 0.660. The molecule has 0 bridgehead atoms. The van der Waals surface area contributed by atoms with E-state index in [1.54, 1.807) is 11.8 Å². The van der Waals surface area contributed by atoms with E-state index < -0.39 is 9.84 Å². The van der Waals surface area contributed by atoms with Crippen molar-refractivity contribution in [3.8, 4) is 11.5 Å². The average Bonchev–Trinajstić information content (AvgIpc) is 3.22. The molecule has 0 N–H and O–H groups in total. The molecule has 0 radical (unpaired) electrons. The van der Waals surface area contributed by atoms with E-state index in [0.717, 1.165) is 35.2 Å². The van der Waals surface area contributed by atoms with Gasteiger partial charge in [-0.3, -0.25) is 4.99 Å². The lowest BCUT2D eigenvalue weighted by Crippen LogP contribution is -2.39. The Morgan fingerprint density at radius 1 is 1.03 bits per heavy atom. The van der Waals surface area contributed by atoms with Crippen LogP contribution in [0.3, 0.4) is 0 Å². The van der Waals surface area contributed by atoms with Crippen molar-refractivity contribution in [3.05, 3.63) is 54.1 Å². The fourth-order valence-corrected chi connectivity index (χ4v) is 7.11. The number of benzene rings is 2. The normalized spacial score (nSPS) is 23.9.